The third-order valence-corrected chi connectivity index (χ3v) is 3.43. The van der Waals surface area contributed by atoms with Crippen molar-refractivity contribution in [3.63, 3.8) is 0 Å². The second-order valence-corrected chi connectivity index (χ2v) is 6.00. The molecule has 0 aliphatic heterocycles. The highest BCUT2D eigenvalue weighted by Gasteiger charge is 2.24. The van der Waals surface area contributed by atoms with Crippen LogP contribution < -0.4 is 15.8 Å². The molecule has 1 rings (SSSR count). The van der Waals surface area contributed by atoms with Gasteiger partial charge in [0.25, 0.3) is 0 Å². The SMILES string of the molecule is CCNC(=NCC(C)(C)C(N)=O)N(C)CCOc1ccccc1. The molecule has 0 atom stereocenters. The van der Waals surface area contributed by atoms with Crippen molar-refractivity contribution in [1.29, 1.82) is 0 Å². The molecule has 0 bridgehead atoms. The van der Waals surface area contributed by atoms with Gasteiger partial charge in [0.1, 0.15) is 12.4 Å². The summed E-state index contributed by atoms with van der Waals surface area (Å²) in [4.78, 5) is 17.9. The summed E-state index contributed by atoms with van der Waals surface area (Å²) in [6.07, 6.45) is 0. The van der Waals surface area contributed by atoms with Gasteiger partial charge in [0, 0.05) is 13.6 Å². The van der Waals surface area contributed by atoms with E-state index >= 15 is 0 Å². The van der Waals surface area contributed by atoms with Crippen molar-refractivity contribution in [2.75, 3.05) is 33.3 Å². The lowest BCUT2D eigenvalue weighted by atomic mass is 9.93. The van der Waals surface area contributed by atoms with E-state index in [1.165, 1.54) is 0 Å². The molecular weight excluding hydrogens is 292 g/mol. The quantitative estimate of drug-likeness (QED) is 0.561. The Hall–Kier alpha value is -2.24. The van der Waals surface area contributed by atoms with Gasteiger partial charge in [-0.2, -0.15) is 0 Å². The molecule has 0 saturated carbocycles. The topological polar surface area (TPSA) is 79.9 Å². The maximum Gasteiger partial charge on any atom is 0.224 e. The van der Waals surface area contributed by atoms with Gasteiger partial charge in [-0.3, -0.25) is 9.79 Å². The Balaban J connectivity index is 2.56. The Kier molecular flexibility index (Phi) is 7.38. The summed E-state index contributed by atoms with van der Waals surface area (Å²) in [5.74, 6) is 1.23. The number of nitrogens with one attached hydrogen (secondary N) is 1. The van der Waals surface area contributed by atoms with Gasteiger partial charge in [0.05, 0.1) is 18.5 Å². The van der Waals surface area contributed by atoms with Crippen LogP contribution in [0.3, 0.4) is 0 Å². The van der Waals surface area contributed by atoms with E-state index in [-0.39, 0.29) is 5.91 Å². The summed E-state index contributed by atoms with van der Waals surface area (Å²) in [5, 5.41) is 3.21. The predicted octanol–water partition coefficient (Wildman–Crippen LogP) is 1.47. The van der Waals surface area contributed by atoms with Crippen molar-refractivity contribution in [2.24, 2.45) is 16.1 Å². The largest absolute Gasteiger partial charge is 0.492 e. The minimum absolute atomic E-state index is 0.342. The molecule has 0 aliphatic rings. The number of benzene rings is 1. The van der Waals surface area contributed by atoms with Gasteiger partial charge >= 0.3 is 0 Å². The molecule has 0 unspecified atom stereocenters. The number of para-hydroxylation sites is 1. The van der Waals surface area contributed by atoms with Crippen LogP contribution in [0.15, 0.2) is 35.3 Å². The molecule has 0 fully saturated rings. The maximum absolute atomic E-state index is 11.4. The van der Waals surface area contributed by atoms with E-state index in [9.17, 15) is 4.79 Å². The zero-order valence-electron chi connectivity index (χ0n) is 14.5. The Morgan fingerprint density at radius 2 is 2.00 bits per heavy atom. The summed E-state index contributed by atoms with van der Waals surface area (Å²) in [6, 6.07) is 9.69. The van der Waals surface area contributed by atoms with Gasteiger partial charge in [-0.05, 0) is 32.9 Å². The number of nitrogens with two attached hydrogens (primary N) is 1. The standard InChI is InChI=1S/C17H28N4O2/c1-5-19-16(20-13-17(2,3)15(18)22)21(4)11-12-23-14-9-7-6-8-10-14/h6-10H,5,11-13H2,1-4H3,(H2,18,22)(H,19,20). The Labute approximate surface area is 138 Å². The molecule has 6 nitrogen and oxygen atoms in total. The first-order valence-electron chi connectivity index (χ1n) is 7.84. The van der Waals surface area contributed by atoms with Gasteiger partial charge in [0.2, 0.25) is 5.91 Å². The van der Waals surface area contributed by atoms with Gasteiger partial charge in [-0.1, -0.05) is 18.2 Å². The van der Waals surface area contributed by atoms with Crippen LogP contribution in [-0.4, -0.2) is 50.1 Å². The second-order valence-electron chi connectivity index (χ2n) is 6.00. The number of nitrogens with zero attached hydrogens (tertiary/aromatic N) is 2. The van der Waals surface area contributed by atoms with Gasteiger partial charge in [-0.25, -0.2) is 0 Å². The highest BCUT2D eigenvalue weighted by Crippen LogP contribution is 2.14. The Morgan fingerprint density at radius 1 is 1.35 bits per heavy atom. The first kappa shape index (κ1) is 18.8. The first-order chi connectivity index (χ1) is 10.9. The van der Waals surface area contributed by atoms with E-state index in [2.05, 4.69) is 10.3 Å². The van der Waals surface area contributed by atoms with Crippen LogP contribution in [0.5, 0.6) is 5.75 Å². The zero-order valence-corrected chi connectivity index (χ0v) is 14.5. The number of aliphatic imine (C=N–C) groups is 1. The lowest BCUT2D eigenvalue weighted by molar-refractivity contribution is -0.125. The average Bonchev–Trinajstić information content (AvgIpc) is 2.52. The number of primary amides is 1. The number of carbonyl (C=O) groups excluding carboxylic acids is 1. The molecule has 0 radical (unpaired) electrons. The minimum atomic E-state index is -0.665. The number of rotatable bonds is 8. The van der Waals surface area contributed by atoms with Gasteiger partial charge < -0.3 is 20.7 Å². The molecule has 1 amide bonds. The van der Waals surface area contributed by atoms with E-state index in [0.717, 1.165) is 18.3 Å². The van der Waals surface area contributed by atoms with Crippen molar-refractivity contribution in [1.82, 2.24) is 10.2 Å². The maximum atomic E-state index is 11.4. The third kappa shape index (κ3) is 6.59. The van der Waals surface area contributed by atoms with Crippen LogP contribution in [0.4, 0.5) is 0 Å². The summed E-state index contributed by atoms with van der Waals surface area (Å²) in [7, 11) is 1.94. The minimum Gasteiger partial charge on any atom is -0.492 e. The Morgan fingerprint density at radius 3 is 2.57 bits per heavy atom. The molecule has 0 aromatic heterocycles. The third-order valence-electron chi connectivity index (χ3n) is 3.43. The number of likely N-dealkylation sites (N-methyl/N-ethyl adjacent to an activating group) is 1. The number of amides is 1. The molecule has 0 heterocycles. The van der Waals surface area contributed by atoms with Gasteiger partial charge in [-0.15, -0.1) is 0 Å². The molecule has 23 heavy (non-hydrogen) atoms. The molecule has 0 spiro atoms. The molecular formula is C17H28N4O2. The van der Waals surface area contributed by atoms with Crippen LogP contribution in [0.2, 0.25) is 0 Å². The summed E-state index contributed by atoms with van der Waals surface area (Å²) >= 11 is 0. The van der Waals surface area contributed by atoms with Crippen LogP contribution in [-0.2, 0) is 4.79 Å². The molecule has 1 aromatic rings. The van der Waals surface area contributed by atoms with Crippen molar-refractivity contribution < 1.29 is 9.53 Å². The molecule has 0 aliphatic carbocycles. The van der Waals surface area contributed by atoms with E-state index in [4.69, 9.17) is 10.5 Å². The van der Waals surface area contributed by atoms with Crippen molar-refractivity contribution in [3.8, 4) is 5.75 Å². The first-order valence-corrected chi connectivity index (χ1v) is 7.84. The lowest BCUT2D eigenvalue weighted by Gasteiger charge is -2.24. The number of hydrogen-bond donors (Lipinski definition) is 2. The van der Waals surface area contributed by atoms with Crippen LogP contribution in [0.25, 0.3) is 0 Å². The van der Waals surface area contributed by atoms with Crippen LogP contribution in [0, 0.1) is 5.41 Å². The second kappa shape index (κ2) is 9.02. The number of ether oxygens (including phenoxy) is 1. The zero-order chi connectivity index (χ0) is 17.3. The van der Waals surface area contributed by atoms with Crippen LogP contribution in [0.1, 0.15) is 20.8 Å². The number of guanidine groups is 1. The van der Waals surface area contributed by atoms with E-state index in [1.54, 1.807) is 13.8 Å². The van der Waals surface area contributed by atoms with Crippen molar-refractivity contribution in [3.05, 3.63) is 30.3 Å². The van der Waals surface area contributed by atoms with E-state index in [1.807, 2.05) is 49.2 Å². The molecule has 3 N–H and O–H groups in total. The number of hydrogen-bond acceptors (Lipinski definition) is 3. The fourth-order valence-corrected chi connectivity index (χ4v) is 1.74. The highest BCUT2D eigenvalue weighted by molar-refractivity contribution is 5.82. The fraction of sp³-hybridized carbons (Fsp3) is 0.529. The molecule has 128 valence electrons. The lowest BCUT2D eigenvalue weighted by Crippen LogP contribution is -2.42. The van der Waals surface area contributed by atoms with Crippen molar-refractivity contribution in [2.45, 2.75) is 20.8 Å². The Bertz CT molecular complexity index is 515. The van der Waals surface area contributed by atoms with E-state index < -0.39 is 5.41 Å². The summed E-state index contributed by atoms with van der Waals surface area (Å²) < 4.78 is 5.69. The smallest absolute Gasteiger partial charge is 0.224 e. The monoisotopic (exact) mass is 320 g/mol. The fourth-order valence-electron chi connectivity index (χ4n) is 1.74. The number of carbonyl (C=O) groups is 1. The summed E-state index contributed by atoms with van der Waals surface area (Å²) in [5.41, 5.74) is 4.72. The van der Waals surface area contributed by atoms with Crippen LogP contribution >= 0.6 is 0 Å². The molecule has 1 aromatic carbocycles. The normalized spacial score (nSPS) is 11.9. The molecule has 6 heteroatoms. The summed E-state index contributed by atoms with van der Waals surface area (Å²) in [6.45, 7) is 7.90. The highest BCUT2D eigenvalue weighted by atomic mass is 16.5. The molecule has 0 saturated heterocycles. The van der Waals surface area contributed by atoms with Crippen molar-refractivity contribution >= 4 is 11.9 Å². The van der Waals surface area contributed by atoms with E-state index in [0.29, 0.717) is 19.7 Å². The average molecular weight is 320 g/mol. The predicted molar refractivity (Wildman–Crippen MR) is 93.5 cm³/mol. The van der Waals surface area contributed by atoms with Gasteiger partial charge in [0.15, 0.2) is 5.96 Å².